The van der Waals surface area contributed by atoms with Crippen molar-refractivity contribution in [2.45, 2.75) is 0 Å². The zero-order chi connectivity index (χ0) is 20.9. The summed E-state index contributed by atoms with van der Waals surface area (Å²) in [6, 6.07) is 14.4. The summed E-state index contributed by atoms with van der Waals surface area (Å²) in [7, 11) is 3.14. The maximum absolute atomic E-state index is 12.3. The van der Waals surface area contributed by atoms with Crippen LogP contribution in [-0.2, 0) is 4.79 Å². The number of rotatable bonds is 6. The topological polar surface area (TPSA) is 86.5 Å². The zero-order valence-electron chi connectivity index (χ0n) is 16.5. The van der Waals surface area contributed by atoms with E-state index >= 15 is 0 Å². The van der Waals surface area contributed by atoms with E-state index in [-0.39, 0.29) is 5.91 Å². The van der Waals surface area contributed by atoms with Crippen LogP contribution in [0.25, 0.3) is 28.6 Å². The van der Waals surface area contributed by atoms with Crippen molar-refractivity contribution in [3.8, 4) is 23.0 Å². The minimum atomic E-state index is -0.266. The summed E-state index contributed by atoms with van der Waals surface area (Å²) in [4.78, 5) is 20.8. The molecule has 0 atom stereocenters. The molecular formula is C23H19N3O4. The first-order valence-electron chi connectivity index (χ1n) is 9.18. The Labute approximate surface area is 173 Å². The second-order valence-corrected chi connectivity index (χ2v) is 6.37. The van der Waals surface area contributed by atoms with Gasteiger partial charge in [-0.2, -0.15) is 0 Å². The van der Waals surface area contributed by atoms with Gasteiger partial charge in [0.15, 0.2) is 17.1 Å². The fourth-order valence-corrected chi connectivity index (χ4v) is 2.93. The molecule has 0 unspecified atom stereocenters. The van der Waals surface area contributed by atoms with E-state index in [1.807, 2.05) is 18.2 Å². The highest BCUT2D eigenvalue weighted by Crippen LogP contribution is 2.28. The van der Waals surface area contributed by atoms with Crippen LogP contribution in [0.2, 0.25) is 0 Å². The number of ether oxygens (including phenoxy) is 2. The number of methoxy groups -OCH3 is 2. The van der Waals surface area contributed by atoms with Gasteiger partial charge in [-0.05, 0) is 48.0 Å². The van der Waals surface area contributed by atoms with Crippen LogP contribution in [-0.4, -0.2) is 30.1 Å². The summed E-state index contributed by atoms with van der Waals surface area (Å²) < 4.78 is 16.3. The van der Waals surface area contributed by atoms with E-state index in [9.17, 15) is 4.79 Å². The van der Waals surface area contributed by atoms with E-state index in [0.29, 0.717) is 34.2 Å². The molecule has 2 heterocycles. The highest BCUT2D eigenvalue weighted by atomic mass is 16.5. The number of carbonyl (C=O) groups excluding carboxylic acids is 1. The molecule has 0 aliphatic rings. The predicted molar refractivity (Wildman–Crippen MR) is 114 cm³/mol. The summed E-state index contributed by atoms with van der Waals surface area (Å²) >= 11 is 0. The molecule has 1 amide bonds. The number of anilines is 1. The van der Waals surface area contributed by atoms with E-state index in [2.05, 4.69) is 15.3 Å². The zero-order valence-corrected chi connectivity index (χ0v) is 16.5. The summed E-state index contributed by atoms with van der Waals surface area (Å²) in [5.74, 6) is 1.47. The van der Waals surface area contributed by atoms with Crippen LogP contribution < -0.4 is 14.8 Å². The van der Waals surface area contributed by atoms with Gasteiger partial charge in [0.2, 0.25) is 11.8 Å². The van der Waals surface area contributed by atoms with Crippen molar-refractivity contribution in [2.24, 2.45) is 0 Å². The maximum atomic E-state index is 12.3. The van der Waals surface area contributed by atoms with Crippen LogP contribution in [0.1, 0.15) is 5.56 Å². The van der Waals surface area contributed by atoms with Crippen molar-refractivity contribution in [3.05, 3.63) is 72.6 Å². The molecule has 30 heavy (non-hydrogen) atoms. The number of benzene rings is 2. The minimum Gasteiger partial charge on any atom is -0.493 e. The molecular weight excluding hydrogens is 382 g/mol. The van der Waals surface area contributed by atoms with Crippen LogP contribution in [0.4, 0.5) is 5.69 Å². The molecule has 0 radical (unpaired) electrons. The number of nitrogens with zero attached hydrogens (tertiary/aromatic N) is 2. The molecule has 2 aromatic carbocycles. The highest BCUT2D eigenvalue weighted by Gasteiger charge is 2.09. The smallest absolute Gasteiger partial charge is 0.248 e. The Morgan fingerprint density at radius 1 is 1.00 bits per heavy atom. The Balaban J connectivity index is 1.48. The van der Waals surface area contributed by atoms with Gasteiger partial charge in [0.1, 0.15) is 5.52 Å². The lowest BCUT2D eigenvalue weighted by atomic mass is 10.2. The highest BCUT2D eigenvalue weighted by molar-refractivity contribution is 6.02. The first-order valence-corrected chi connectivity index (χ1v) is 9.18. The van der Waals surface area contributed by atoms with Crippen LogP contribution in [0.5, 0.6) is 11.5 Å². The minimum absolute atomic E-state index is 0.266. The molecule has 150 valence electrons. The van der Waals surface area contributed by atoms with Crippen LogP contribution in [0.3, 0.4) is 0 Å². The summed E-state index contributed by atoms with van der Waals surface area (Å²) in [5.41, 5.74) is 3.56. The molecule has 0 saturated carbocycles. The Kier molecular flexibility index (Phi) is 5.43. The van der Waals surface area contributed by atoms with Gasteiger partial charge >= 0.3 is 0 Å². The van der Waals surface area contributed by atoms with E-state index < -0.39 is 0 Å². The molecule has 7 heteroatoms. The molecule has 0 spiro atoms. The number of fused-ring (bicyclic) bond motifs is 1. The van der Waals surface area contributed by atoms with Gasteiger partial charge in [0.05, 0.1) is 14.2 Å². The number of carbonyl (C=O) groups is 1. The second kappa shape index (κ2) is 8.48. The third-order valence-corrected chi connectivity index (χ3v) is 4.42. The average molecular weight is 401 g/mol. The van der Waals surface area contributed by atoms with Gasteiger partial charge in [-0.3, -0.25) is 9.78 Å². The Morgan fingerprint density at radius 2 is 1.80 bits per heavy atom. The fraction of sp³-hybridized carbons (Fsp3) is 0.0870. The summed E-state index contributed by atoms with van der Waals surface area (Å²) in [6.45, 7) is 0. The number of aromatic nitrogens is 2. The standard InChI is InChI=1S/C23H19N3O4/c1-28-19-7-3-15(13-21(19)29-2)4-8-22(27)25-17-5-6-18-20(14-17)30-23(26-18)16-9-11-24-12-10-16/h3-14H,1-2H3,(H,25,27)/b8-4+. The number of pyridine rings is 1. The first kappa shape index (κ1) is 19.2. The molecule has 0 aliphatic carbocycles. The van der Waals surface area contributed by atoms with Crippen LogP contribution in [0, 0.1) is 0 Å². The largest absolute Gasteiger partial charge is 0.493 e. The number of nitrogens with one attached hydrogen (secondary N) is 1. The average Bonchev–Trinajstić information content (AvgIpc) is 3.21. The third kappa shape index (κ3) is 4.15. The predicted octanol–water partition coefficient (Wildman–Crippen LogP) is 4.56. The van der Waals surface area contributed by atoms with Gasteiger partial charge in [-0.1, -0.05) is 6.07 Å². The van der Waals surface area contributed by atoms with Gasteiger partial charge < -0.3 is 19.2 Å². The van der Waals surface area contributed by atoms with Gasteiger partial charge in [-0.15, -0.1) is 0 Å². The van der Waals surface area contributed by atoms with E-state index in [0.717, 1.165) is 11.1 Å². The molecule has 1 N–H and O–H groups in total. The molecule has 7 nitrogen and oxygen atoms in total. The van der Waals surface area contributed by atoms with Crippen molar-refractivity contribution >= 4 is 28.8 Å². The van der Waals surface area contributed by atoms with Crippen LogP contribution in [0.15, 0.2) is 71.4 Å². The Bertz CT molecular complexity index is 1220. The molecule has 0 saturated heterocycles. The number of amides is 1. The van der Waals surface area contributed by atoms with Crippen molar-refractivity contribution in [1.29, 1.82) is 0 Å². The van der Waals surface area contributed by atoms with Crippen molar-refractivity contribution < 1.29 is 18.7 Å². The molecule has 0 bridgehead atoms. The second-order valence-electron chi connectivity index (χ2n) is 6.37. The fourth-order valence-electron chi connectivity index (χ4n) is 2.93. The monoisotopic (exact) mass is 401 g/mol. The van der Waals surface area contributed by atoms with Gasteiger partial charge in [0.25, 0.3) is 0 Å². The van der Waals surface area contributed by atoms with Crippen molar-refractivity contribution in [2.75, 3.05) is 19.5 Å². The quantitative estimate of drug-likeness (QED) is 0.477. The van der Waals surface area contributed by atoms with Crippen LogP contribution >= 0.6 is 0 Å². The molecule has 2 aromatic heterocycles. The molecule has 0 aliphatic heterocycles. The van der Waals surface area contributed by atoms with E-state index in [1.54, 1.807) is 63.0 Å². The third-order valence-electron chi connectivity index (χ3n) is 4.42. The van der Waals surface area contributed by atoms with Gasteiger partial charge in [0, 0.05) is 35.8 Å². The summed E-state index contributed by atoms with van der Waals surface area (Å²) in [5, 5.41) is 2.83. The van der Waals surface area contributed by atoms with E-state index in [1.165, 1.54) is 6.08 Å². The lowest BCUT2D eigenvalue weighted by Crippen LogP contribution is -2.07. The van der Waals surface area contributed by atoms with Gasteiger partial charge in [-0.25, -0.2) is 4.98 Å². The maximum Gasteiger partial charge on any atom is 0.248 e. The number of hydrogen-bond acceptors (Lipinski definition) is 6. The lowest BCUT2D eigenvalue weighted by molar-refractivity contribution is -0.111. The van der Waals surface area contributed by atoms with E-state index in [4.69, 9.17) is 13.9 Å². The lowest BCUT2D eigenvalue weighted by Gasteiger charge is -2.07. The number of oxazole rings is 1. The molecule has 4 aromatic rings. The summed E-state index contributed by atoms with van der Waals surface area (Å²) in [6.07, 6.45) is 6.52. The Hall–Kier alpha value is -4.13. The normalized spacial score (nSPS) is 11.0. The first-order chi connectivity index (χ1) is 14.7. The molecule has 4 rings (SSSR count). The molecule has 0 fully saturated rings. The SMILES string of the molecule is COc1ccc(/C=C/C(=O)Nc2ccc3nc(-c4ccncc4)oc3c2)cc1OC. The number of hydrogen-bond donors (Lipinski definition) is 1. The van der Waals surface area contributed by atoms with Crippen molar-refractivity contribution in [1.82, 2.24) is 9.97 Å². The Morgan fingerprint density at radius 3 is 2.57 bits per heavy atom. The van der Waals surface area contributed by atoms with Crippen molar-refractivity contribution in [3.63, 3.8) is 0 Å².